The van der Waals surface area contributed by atoms with Crippen molar-refractivity contribution in [1.82, 2.24) is 24.3 Å². The molecule has 2 bridgehead atoms. The molecule has 11 nitrogen and oxygen atoms in total. The summed E-state index contributed by atoms with van der Waals surface area (Å²) in [6, 6.07) is 0.545. The number of carboxylic acid groups (broad SMARTS) is 2. The summed E-state index contributed by atoms with van der Waals surface area (Å²) < 4.78 is 2.10. The van der Waals surface area contributed by atoms with Gasteiger partial charge in [-0.1, -0.05) is 6.92 Å². The number of likely N-dealkylation sites (N-methyl/N-ethyl adjacent to an activating group) is 1. The summed E-state index contributed by atoms with van der Waals surface area (Å²) in [5.74, 6) is 2.43. The molecule has 1 aromatic heterocycles. The maximum Gasteiger partial charge on any atom is 0.290 e. The van der Waals surface area contributed by atoms with E-state index in [0.29, 0.717) is 43.2 Å². The van der Waals surface area contributed by atoms with Crippen LogP contribution in [0.25, 0.3) is 0 Å². The zero-order valence-electron chi connectivity index (χ0n) is 21.0. The van der Waals surface area contributed by atoms with Crippen LogP contribution in [-0.4, -0.2) is 105 Å². The van der Waals surface area contributed by atoms with Gasteiger partial charge in [-0.15, -0.1) is 0 Å². The van der Waals surface area contributed by atoms with Gasteiger partial charge in [0.15, 0.2) is 0 Å². The Bertz CT molecular complexity index is 838. The molecule has 0 radical (unpaired) electrons. The first kappa shape index (κ1) is 28.3. The Balaban J connectivity index is 0.000000655. The maximum atomic E-state index is 13.1. The van der Waals surface area contributed by atoms with Crippen LogP contribution < -0.4 is 0 Å². The van der Waals surface area contributed by atoms with Crippen LogP contribution in [0.5, 0.6) is 0 Å². The van der Waals surface area contributed by atoms with Gasteiger partial charge in [-0.2, -0.15) is 0 Å². The molecule has 2 N–H and O–H groups in total. The molecule has 4 rings (SSSR count). The Kier molecular flexibility index (Phi) is 11.2. The number of carbonyl (C=O) groups is 4. The molecule has 3 aliphatic heterocycles. The first-order valence-electron chi connectivity index (χ1n) is 12.2. The van der Waals surface area contributed by atoms with Gasteiger partial charge in [0.1, 0.15) is 5.82 Å². The molecule has 0 saturated carbocycles. The van der Waals surface area contributed by atoms with E-state index in [2.05, 4.69) is 45.3 Å². The third-order valence-electron chi connectivity index (χ3n) is 7.09. The summed E-state index contributed by atoms with van der Waals surface area (Å²) in [6.07, 6.45) is 9.10. The summed E-state index contributed by atoms with van der Waals surface area (Å²) in [5.41, 5.74) is 0. The number of piperidine rings is 3. The van der Waals surface area contributed by atoms with Gasteiger partial charge in [0.25, 0.3) is 12.9 Å². The van der Waals surface area contributed by atoms with Gasteiger partial charge in [-0.25, -0.2) is 4.98 Å². The highest BCUT2D eigenvalue weighted by Crippen LogP contribution is 2.41. The molecule has 4 heterocycles. The van der Waals surface area contributed by atoms with E-state index in [9.17, 15) is 9.59 Å². The summed E-state index contributed by atoms with van der Waals surface area (Å²) in [6.45, 7) is 4.77. The van der Waals surface area contributed by atoms with Gasteiger partial charge >= 0.3 is 0 Å². The Labute approximate surface area is 206 Å². The minimum Gasteiger partial charge on any atom is -0.483 e. The quantitative estimate of drug-likeness (QED) is 0.561. The summed E-state index contributed by atoms with van der Waals surface area (Å²) in [4.78, 5) is 53.5. The average molecular weight is 494 g/mol. The SMILES string of the molecule is CCc1nccn1CCC(=O)N1C[C@H]2C[C@@H](C1)[C@H](CN(C)C)N1C(=O)CCC[C@@H]21.O=CO.O=CO. The van der Waals surface area contributed by atoms with Crippen molar-refractivity contribution in [3.05, 3.63) is 18.2 Å². The average Bonchev–Trinajstić information content (AvgIpc) is 3.29. The zero-order chi connectivity index (χ0) is 26.0. The van der Waals surface area contributed by atoms with Crippen molar-refractivity contribution in [1.29, 1.82) is 0 Å². The number of aromatic nitrogens is 2. The smallest absolute Gasteiger partial charge is 0.290 e. The van der Waals surface area contributed by atoms with E-state index in [0.717, 1.165) is 51.1 Å². The molecule has 4 atom stereocenters. The molecule has 3 aliphatic rings. The van der Waals surface area contributed by atoms with Crippen LogP contribution in [0.2, 0.25) is 0 Å². The Hall–Kier alpha value is -2.95. The van der Waals surface area contributed by atoms with E-state index in [1.54, 1.807) is 0 Å². The fourth-order valence-corrected chi connectivity index (χ4v) is 5.82. The summed E-state index contributed by atoms with van der Waals surface area (Å²) in [7, 11) is 4.16. The van der Waals surface area contributed by atoms with Crippen LogP contribution in [-0.2, 0) is 32.1 Å². The molecule has 3 fully saturated rings. The minimum atomic E-state index is -0.250. The Morgan fingerprint density at radius 3 is 2.49 bits per heavy atom. The molecule has 3 saturated heterocycles. The van der Waals surface area contributed by atoms with Crippen LogP contribution in [0.1, 0.15) is 44.9 Å². The Morgan fingerprint density at radius 2 is 1.86 bits per heavy atom. The second-order valence-corrected chi connectivity index (χ2v) is 9.50. The second kappa shape index (κ2) is 13.8. The molecule has 35 heavy (non-hydrogen) atoms. The molecule has 11 heteroatoms. The normalized spacial score (nSPS) is 25.0. The molecule has 0 aromatic carbocycles. The topological polar surface area (TPSA) is 136 Å². The lowest BCUT2D eigenvalue weighted by Gasteiger charge is -2.57. The number of carbonyl (C=O) groups excluding carboxylic acids is 2. The van der Waals surface area contributed by atoms with Crippen molar-refractivity contribution in [3.63, 3.8) is 0 Å². The summed E-state index contributed by atoms with van der Waals surface area (Å²) >= 11 is 0. The first-order chi connectivity index (χ1) is 16.8. The van der Waals surface area contributed by atoms with Crippen LogP contribution in [0.3, 0.4) is 0 Å². The lowest BCUT2D eigenvalue weighted by atomic mass is 9.72. The number of likely N-dealkylation sites (tertiary alicyclic amines) is 1. The van der Waals surface area contributed by atoms with E-state index in [4.69, 9.17) is 19.8 Å². The Morgan fingerprint density at radius 1 is 1.20 bits per heavy atom. The van der Waals surface area contributed by atoms with Gasteiger partial charge in [-0.05, 0) is 45.2 Å². The van der Waals surface area contributed by atoms with Crippen LogP contribution in [0.15, 0.2) is 12.4 Å². The van der Waals surface area contributed by atoms with Crippen LogP contribution in [0.4, 0.5) is 0 Å². The van der Waals surface area contributed by atoms with E-state index < -0.39 is 0 Å². The van der Waals surface area contributed by atoms with Gasteiger partial charge in [0.2, 0.25) is 11.8 Å². The fraction of sp³-hybridized carbons (Fsp3) is 0.708. The third-order valence-corrected chi connectivity index (χ3v) is 7.09. The number of hydrogen-bond acceptors (Lipinski definition) is 6. The van der Waals surface area contributed by atoms with Gasteiger partial charge < -0.3 is 29.5 Å². The van der Waals surface area contributed by atoms with Gasteiger partial charge in [0.05, 0.1) is 0 Å². The van der Waals surface area contributed by atoms with Crippen molar-refractivity contribution < 1.29 is 29.4 Å². The highest BCUT2D eigenvalue weighted by Gasteiger charge is 2.49. The number of hydrogen-bond donors (Lipinski definition) is 2. The van der Waals surface area contributed by atoms with E-state index in [1.807, 2.05) is 12.4 Å². The van der Waals surface area contributed by atoms with Gasteiger partial charge in [-0.3, -0.25) is 19.2 Å². The van der Waals surface area contributed by atoms with Crippen LogP contribution >= 0.6 is 0 Å². The zero-order valence-corrected chi connectivity index (χ0v) is 21.0. The maximum absolute atomic E-state index is 13.1. The van der Waals surface area contributed by atoms with Crippen molar-refractivity contribution in [2.75, 3.05) is 33.7 Å². The molecule has 0 spiro atoms. The number of nitrogens with zero attached hydrogens (tertiary/aromatic N) is 5. The molecular formula is C24H39N5O6. The fourth-order valence-electron chi connectivity index (χ4n) is 5.82. The standard InChI is InChI=1S/C22H35N5O2.2CH2O2/c1-4-20-23-9-11-25(20)10-8-21(28)26-13-16-12-17(14-26)19(15-24(2)3)27-18(16)6-5-7-22(27)29;2*2-1-3/h9,11,16-19H,4-8,10,12-15H2,1-3H3;2*1H,(H,2,3)/t16-,17+,18+,19+;;/m1../s1. The van der Waals surface area contributed by atoms with Crippen molar-refractivity contribution in [2.24, 2.45) is 11.8 Å². The highest BCUT2D eigenvalue weighted by atomic mass is 16.3. The predicted molar refractivity (Wildman–Crippen MR) is 129 cm³/mol. The molecule has 0 aliphatic carbocycles. The molecular weight excluding hydrogens is 454 g/mol. The second-order valence-electron chi connectivity index (χ2n) is 9.50. The van der Waals surface area contributed by atoms with E-state index >= 15 is 0 Å². The molecule has 1 aromatic rings. The lowest BCUT2D eigenvalue weighted by molar-refractivity contribution is -0.157. The van der Waals surface area contributed by atoms with E-state index in [1.165, 1.54) is 0 Å². The highest BCUT2D eigenvalue weighted by molar-refractivity contribution is 5.78. The largest absolute Gasteiger partial charge is 0.483 e. The van der Waals surface area contributed by atoms with Crippen molar-refractivity contribution in [2.45, 2.75) is 64.1 Å². The van der Waals surface area contributed by atoms with Crippen molar-refractivity contribution in [3.8, 4) is 0 Å². The number of amides is 2. The van der Waals surface area contributed by atoms with E-state index in [-0.39, 0.29) is 24.9 Å². The summed E-state index contributed by atoms with van der Waals surface area (Å²) in [5, 5.41) is 13.8. The monoisotopic (exact) mass is 493 g/mol. The molecule has 2 amide bonds. The third kappa shape index (κ3) is 7.27. The first-order valence-corrected chi connectivity index (χ1v) is 12.2. The van der Waals surface area contributed by atoms with Crippen LogP contribution in [0, 0.1) is 11.8 Å². The van der Waals surface area contributed by atoms with Crippen molar-refractivity contribution >= 4 is 24.8 Å². The molecule has 196 valence electrons. The number of rotatable bonds is 6. The lowest BCUT2D eigenvalue weighted by Crippen LogP contribution is -2.67. The number of imidazole rings is 1. The molecule has 0 unspecified atom stereocenters. The number of fused-ring (bicyclic) bond motifs is 4. The predicted octanol–water partition coefficient (Wildman–Crippen LogP) is 1.03. The van der Waals surface area contributed by atoms with Gasteiger partial charge in [0, 0.05) is 69.9 Å². The number of aryl methyl sites for hydroxylation is 2. The minimum absolute atomic E-state index is 0.231.